The molecule has 8 nitrogen and oxygen atoms in total. The average Bonchev–Trinajstić information content (AvgIpc) is 3.49. The van der Waals surface area contributed by atoms with Gasteiger partial charge in [-0.1, -0.05) is 0 Å². The molecule has 0 saturated heterocycles. The second-order valence-corrected chi connectivity index (χ2v) is 7.67. The summed E-state index contributed by atoms with van der Waals surface area (Å²) in [6.45, 7) is 1.77. The number of carbonyl (C=O) groups is 4. The minimum atomic E-state index is -0.649. The maximum Gasteiger partial charge on any atom is 0.337 e. The molecule has 1 aliphatic carbocycles. The normalized spacial score (nSPS) is 12.8. The van der Waals surface area contributed by atoms with E-state index in [1.165, 1.54) is 32.4 Å². The van der Waals surface area contributed by atoms with E-state index < -0.39 is 17.8 Å². The van der Waals surface area contributed by atoms with Crippen molar-refractivity contribution in [1.29, 1.82) is 0 Å². The van der Waals surface area contributed by atoms with Crippen molar-refractivity contribution in [3.8, 4) is 0 Å². The topological polar surface area (TPSA) is 111 Å². The first-order valence-electron chi connectivity index (χ1n) is 8.86. The highest BCUT2D eigenvalue weighted by Crippen LogP contribution is 2.33. The number of rotatable bonds is 6. The molecular weight excluding hydrogens is 396 g/mol. The quantitative estimate of drug-likeness (QED) is 0.700. The molecule has 29 heavy (non-hydrogen) atoms. The first-order valence-corrected chi connectivity index (χ1v) is 9.68. The smallest absolute Gasteiger partial charge is 0.337 e. The molecule has 152 valence electrons. The molecule has 2 aromatic rings. The summed E-state index contributed by atoms with van der Waals surface area (Å²) in [6, 6.07) is 5.89. The zero-order valence-electron chi connectivity index (χ0n) is 16.2. The van der Waals surface area contributed by atoms with E-state index in [0.717, 1.165) is 24.2 Å². The third kappa shape index (κ3) is 4.80. The highest BCUT2D eigenvalue weighted by Gasteiger charge is 2.30. The predicted octanol–water partition coefficient (Wildman–Crippen LogP) is 3.23. The zero-order valence-corrected chi connectivity index (χ0v) is 17.0. The monoisotopic (exact) mass is 416 g/mol. The summed E-state index contributed by atoms with van der Waals surface area (Å²) in [4.78, 5) is 48.8. The fraction of sp³-hybridized carbons (Fsp3) is 0.300. The average molecular weight is 416 g/mol. The van der Waals surface area contributed by atoms with Crippen LogP contribution in [0.25, 0.3) is 0 Å². The van der Waals surface area contributed by atoms with Crippen LogP contribution in [0.5, 0.6) is 0 Å². The number of thiophene rings is 1. The van der Waals surface area contributed by atoms with E-state index in [9.17, 15) is 19.2 Å². The van der Waals surface area contributed by atoms with Gasteiger partial charge in [-0.15, -0.1) is 11.3 Å². The summed E-state index contributed by atoms with van der Waals surface area (Å²) in [5.74, 6) is -1.69. The molecule has 0 spiro atoms. The first-order chi connectivity index (χ1) is 13.8. The van der Waals surface area contributed by atoms with Crippen molar-refractivity contribution in [2.45, 2.75) is 19.8 Å². The number of benzene rings is 1. The number of carbonyl (C=O) groups excluding carboxylic acids is 4. The largest absolute Gasteiger partial charge is 0.465 e. The molecule has 0 aliphatic heterocycles. The van der Waals surface area contributed by atoms with Crippen molar-refractivity contribution >= 4 is 45.8 Å². The maximum absolute atomic E-state index is 12.7. The van der Waals surface area contributed by atoms with Crippen LogP contribution in [0.15, 0.2) is 24.3 Å². The Kier molecular flexibility index (Phi) is 5.97. The number of aryl methyl sites for hydroxylation is 1. The van der Waals surface area contributed by atoms with E-state index in [2.05, 4.69) is 10.6 Å². The van der Waals surface area contributed by atoms with Crippen LogP contribution in [0, 0.1) is 12.8 Å². The number of methoxy groups -OCH3 is 2. The van der Waals surface area contributed by atoms with Gasteiger partial charge in [0.2, 0.25) is 5.91 Å². The Hall–Kier alpha value is -3.20. The van der Waals surface area contributed by atoms with E-state index in [1.54, 1.807) is 13.0 Å². The van der Waals surface area contributed by atoms with Gasteiger partial charge in [0.15, 0.2) is 0 Å². The van der Waals surface area contributed by atoms with Crippen LogP contribution in [0.4, 0.5) is 10.7 Å². The minimum Gasteiger partial charge on any atom is -0.465 e. The summed E-state index contributed by atoms with van der Waals surface area (Å²) in [5, 5.41) is 6.11. The molecule has 1 saturated carbocycles. The van der Waals surface area contributed by atoms with E-state index >= 15 is 0 Å². The van der Waals surface area contributed by atoms with Gasteiger partial charge in [-0.2, -0.15) is 0 Å². The molecule has 0 unspecified atom stereocenters. The van der Waals surface area contributed by atoms with Gasteiger partial charge in [-0.25, -0.2) is 9.59 Å². The summed E-state index contributed by atoms with van der Waals surface area (Å²) in [6.07, 6.45) is 1.78. The Bertz CT molecular complexity index is 959. The summed E-state index contributed by atoms with van der Waals surface area (Å²) in [7, 11) is 2.44. The molecule has 1 fully saturated rings. The fourth-order valence-electron chi connectivity index (χ4n) is 2.70. The first kappa shape index (κ1) is 20.5. The highest BCUT2D eigenvalue weighted by molar-refractivity contribution is 7.18. The van der Waals surface area contributed by atoms with Gasteiger partial charge in [0.05, 0.1) is 35.2 Å². The zero-order chi connectivity index (χ0) is 21.1. The van der Waals surface area contributed by atoms with Gasteiger partial charge in [-0.05, 0) is 49.6 Å². The van der Waals surface area contributed by atoms with Crippen molar-refractivity contribution < 1.29 is 28.7 Å². The van der Waals surface area contributed by atoms with Crippen molar-refractivity contribution in [2.75, 3.05) is 24.9 Å². The number of ether oxygens (including phenoxy) is 2. The van der Waals surface area contributed by atoms with Crippen molar-refractivity contribution in [3.63, 3.8) is 0 Å². The van der Waals surface area contributed by atoms with E-state index in [4.69, 9.17) is 9.47 Å². The fourth-order valence-corrected chi connectivity index (χ4v) is 3.67. The molecule has 0 atom stereocenters. The number of esters is 2. The number of nitrogens with one attached hydrogen (secondary N) is 2. The molecule has 1 aromatic carbocycles. The standard InChI is InChI=1S/C20H20N2O6S/c1-10-6-15(22-17(23)11-4-5-11)29-16(10)18(24)21-14-8-12(19(25)27-2)7-13(9-14)20(26)28-3/h6-9,11H,4-5H2,1-3H3,(H,21,24)(H,22,23). The third-order valence-corrected chi connectivity index (χ3v) is 5.50. The molecule has 1 aromatic heterocycles. The molecule has 2 amide bonds. The van der Waals surface area contributed by atoms with Gasteiger partial charge in [0.1, 0.15) is 0 Å². The van der Waals surface area contributed by atoms with Crippen molar-refractivity contribution in [3.05, 3.63) is 45.8 Å². The number of hydrogen-bond donors (Lipinski definition) is 2. The second kappa shape index (κ2) is 8.44. The third-order valence-electron chi connectivity index (χ3n) is 4.35. The Balaban J connectivity index is 1.82. The van der Waals surface area contributed by atoms with Crippen LogP contribution in [0.3, 0.4) is 0 Å². The molecule has 3 rings (SSSR count). The van der Waals surface area contributed by atoms with Gasteiger partial charge < -0.3 is 20.1 Å². The van der Waals surface area contributed by atoms with E-state index in [1.807, 2.05) is 0 Å². The molecule has 0 radical (unpaired) electrons. The van der Waals surface area contributed by atoms with Crippen LogP contribution in [-0.4, -0.2) is 38.0 Å². The Morgan fingerprint density at radius 1 is 0.931 bits per heavy atom. The predicted molar refractivity (Wildman–Crippen MR) is 107 cm³/mol. The molecule has 9 heteroatoms. The SMILES string of the molecule is COC(=O)c1cc(NC(=O)c2sc(NC(=O)C3CC3)cc2C)cc(C(=O)OC)c1. The molecule has 1 aliphatic rings. The van der Waals surface area contributed by atoms with Gasteiger partial charge in [0.25, 0.3) is 5.91 Å². The van der Waals surface area contributed by atoms with Gasteiger partial charge in [0, 0.05) is 11.6 Å². The lowest BCUT2D eigenvalue weighted by molar-refractivity contribution is -0.117. The van der Waals surface area contributed by atoms with Crippen LogP contribution < -0.4 is 10.6 Å². The number of anilines is 2. The Labute approximate surface area is 171 Å². The molecule has 0 bridgehead atoms. The second-order valence-electron chi connectivity index (χ2n) is 6.62. The summed E-state index contributed by atoms with van der Waals surface area (Å²) < 4.78 is 9.38. The Morgan fingerprint density at radius 3 is 2.03 bits per heavy atom. The summed E-state index contributed by atoms with van der Waals surface area (Å²) in [5.41, 5.74) is 1.16. The lowest BCUT2D eigenvalue weighted by Crippen LogP contribution is -2.14. The van der Waals surface area contributed by atoms with E-state index in [-0.39, 0.29) is 28.6 Å². The van der Waals surface area contributed by atoms with Crippen LogP contribution >= 0.6 is 11.3 Å². The maximum atomic E-state index is 12.7. The van der Waals surface area contributed by atoms with Crippen molar-refractivity contribution in [2.24, 2.45) is 5.92 Å². The lowest BCUT2D eigenvalue weighted by Gasteiger charge is -2.09. The van der Waals surface area contributed by atoms with Crippen LogP contribution in [0.1, 0.15) is 48.8 Å². The number of amides is 2. The van der Waals surface area contributed by atoms with Crippen molar-refractivity contribution in [1.82, 2.24) is 0 Å². The van der Waals surface area contributed by atoms with E-state index in [0.29, 0.717) is 15.4 Å². The molecular formula is C20H20N2O6S. The summed E-state index contributed by atoms with van der Waals surface area (Å²) >= 11 is 1.16. The highest BCUT2D eigenvalue weighted by atomic mass is 32.1. The van der Waals surface area contributed by atoms with Gasteiger partial charge >= 0.3 is 11.9 Å². The Morgan fingerprint density at radius 2 is 1.52 bits per heavy atom. The van der Waals surface area contributed by atoms with Crippen LogP contribution in [0.2, 0.25) is 0 Å². The number of hydrogen-bond acceptors (Lipinski definition) is 7. The lowest BCUT2D eigenvalue weighted by atomic mass is 10.1. The molecule has 2 N–H and O–H groups in total. The van der Waals surface area contributed by atoms with Crippen LogP contribution in [-0.2, 0) is 14.3 Å². The minimum absolute atomic E-state index is 0.0355. The molecule has 1 heterocycles. The van der Waals surface area contributed by atoms with Gasteiger partial charge in [-0.3, -0.25) is 9.59 Å².